The summed E-state index contributed by atoms with van der Waals surface area (Å²) in [5.74, 6) is 2.64. The molecule has 0 radical (unpaired) electrons. The second-order valence-electron chi connectivity index (χ2n) is 4.04. The fourth-order valence-corrected chi connectivity index (χ4v) is 2.57. The first kappa shape index (κ1) is 12.9. The van der Waals surface area contributed by atoms with Crippen LogP contribution in [0.4, 0.5) is 0 Å². The van der Waals surface area contributed by atoms with Gasteiger partial charge in [-0.2, -0.15) is 0 Å². The van der Waals surface area contributed by atoms with E-state index in [1.807, 2.05) is 0 Å². The Morgan fingerprint density at radius 3 is 2.88 bits per heavy atom. The molecule has 0 unspecified atom stereocenters. The predicted octanol–water partition coefficient (Wildman–Crippen LogP) is 1.28. The average molecular weight is 257 g/mol. The SMILES string of the molecule is CCn1c(SCCOCCO)nnc1C1CC1. The van der Waals surface area contributed by atoms with Crippen LogP contribution < -0.4 is 0 Å². The Hall–Kier alpha value is -0.590. The molecule has 1 aliphatic rings. The molecule has 1 saturated carbocycles. The highest BCUT2D eigenvalue weighted by atomic mass is 32.2. The zero-order valence-corrected chi connectivity index (χ0v) is 10.9. The summed E-state index contributed by atoms with van der Waals surface area (Å²) in [5, 5.41) is 18.1. The van der Waals surface area contributed by atoms with E-state index in [-0.39, 0.29) is 6.61 Å². The molecule has 0 spiro atoms. The molecular weight excluding hydrogens is 238 g/mol. The molecule has 1 heterocycles. The fraction of sp³-hybridized carbons (Fsp3) is 0.818. The molecular formula is C11H19N3O2S. The third-order valence-corrected chi connectivity index (χ3v) is 3.63. The largest absolute Gasteiger partial charge is 0.394 e. The molecule has 0 aliphatic heterocycles. The molecule has 1 aromatic rings. The third kappa shape index (κ3) is 3.43. The summed E-state index contributed by atoms with van der Waals surface area (Å²) in [5.41, 5.74) is 0. The average Bonchev–Trinajstić information content (AvgIpc) is 3.10. The van der Waals surface area contributed by atoms with Crippen LogP contribution in [-0.4, -0.2) is 45.4 Å². The Balaban J connectivity index is 1.83. The van der Waals surface area contributed by atoms with Gasteiger partial charge in [-0.1, -0.05) is 11.8 Å². The Kier molecular flexibility index (Phi) is 4.82. The van der Waals surface area contributed by atoms with Gasteiger partial charge in [-0.05, 0) is 19.8 Å². The molecule has 96 valence electrons. The van der Waals surface area contributed by atoms with E-state index in [2.05, 4.69) is 21.7 Å². The monoisotopic (exact) mass is 257 g/mol. The van der Waals surface area contributed by atoms with E-state index in [1.54, 1.807) is 11.8 Å². The molecule has 2 rings (SSSR count). The van der Waals surface area contributed by atoms with Crippen molar-refractivity contribution in [3.8, 4) is 0 Å². The van der Waals surface area contributed by atoms with Crippen LogP contribution in [0.5, 0.6) is 0 Å². The summed E-state index contributed by atoms with van der Waals surface area (Å²) in [7, 11) is 0. The number of aliphatic hydroxyl groups is 1. The second-order valence-corrected chi connectivity index (χ2v) is 5.11. The van der Waals surface area contributed by atoms with Crippen molar-refractivity contribution < 1.29 is 9.84 Å². The third-order valence-electron chi connectivity index (χ3n) is 2.70. The number of aromatic nitrogens is 3. The van der Waals surface area contributed by atoms with Gasteiger partial charge in [-0.15, -0.1) is 10.2 Å². The van der Waals surface area contributed by atoms with Gasteiger partial charge in [-0.3, -0.25) is 0 Å². The van der Waals surface area contributed by atoms with Crippen molar-refractivity contribution in [1.29, 1.82) is 0 Å². The number of ether oxygens (including phenoxy) is 1. The van der Waals surface area contributed by atoms with E-state index in [0.29, 0.717) is 19.1 Å². The van der Waals surface area contributed by atoms with E-state index in [0.717, 1.165) is 23.3 Å². The lowest BCUT2D eigenvalue weighted by atomic mass is 10.4. The molecule has 5 nitrogen and oxygen atoms in total. The normalized spacial score (nSPS) is 15.4. The smallest absolute Gasteiger partial charge is 0.191 e. The minimum atomic E-state index is 0.0850. The maximum atomic E-state index is 8.58. The number of rotatable bonds is 8. The molecule has 0 aromatic carbocycles. The van der Waals surface area contributed by atoms with Crippen LogP contribution in [0.25, 0.3) is 0 Å². The zero-order valence-electron chi connectivity index (χ0n) is 10.1. The van der Waals surface area contributed by atoms with Crippen molar-refractivity contribution in [2.75, 3.05) is 25.6 Å². The van der Waals surface area contributed by atoms with E-state index >= 15 is 0 Å². The molecule has 0 atom stereocenters. The molecule has 0 bridgehead atoms. The van der Waals surface area contributed by atoms with Gasteiger partial charge in [0, 0.05) is 18.2 Å². The van der Waals surface area contributed by atoms with Crippen molar-refractivity contribution in [2.24, 2.45) is 0 Å². The van der Waals surface area contributed by atoms with Crippen LogP contribution in [0, 0.1) is 0 Å². The number of hydrogen-bond donors (Lipinski definition) is 1. The molecule has 0 saturated heterocycles. The number of hydrogen-bond acceptors (Lipinski definition) is 5. The summed E-state index contributed by atoms with van der Waals surface area (Å²) in [4.78, 5) is 0. The molecule has 1 aromatic heterocycles. The Morgan fingerprint density at radius 1 is 1.41 bits per heavy atom. The van der Waals surface area contributed by atoms with Gasteiger partial charge in [0.05, 0.1) is 19.8 Å². The van der Waals surface area contributed by atoms with Crippen LogP contribution in [0.1, 0.15) is 31.5 Å². The lowest BCUT2D eigenvalue weighted by Gasteiger charge is -2.06. The van der Waals surface area contributed by atoms with Gasteiger partial charge >= 0.3 is 0 Å². The molecule has 1 N–H and O–H groups in total. The lowest BCUT2D eigenvalue weighted by molar-refractivity contribution is 0.103. The summed E-state index contributed by atoms with van der Waals surface area (Å²) in [6, 6.07) is 0. The minimum absolute atomic E-state index is 0.0850. The molecule has 1 fully saturated rings. The second kappa shape index (κ2) is 6.37. The van der Waals surface area contributed by atoms with Crippen molar-refractivity contribution in [1.82, 2.24) is 14.8 Å². The molecule has 1 aliphatic carbocycles. The molecule has 6 heteroatoms. The number of nitrogens with zero attached hydrogens (tertiary/aromatic N) is 3. The van der Waals surface area contributed by atoms with Crippen molar-refractivity contribution in [3.63, 3.8) is 0 Å². The van der Waals surface area contributed by atoms with E-state index in [1.165, 1.54) is 12.8 Å². The first-order chi connectivity index (χ1) is 8.36. The van der Waals surface area contributed by atoms with Crippen LogP contribution in [-0.2, 0) is 11.3 Å². The van der Waals surface area contributed by atoms with E-state index in [4.69, 9.17) is 9.84 Å². The van der Waals surface area contributed by atoms with Crippen molar-refractivity contribution in [2.45, 2.75) is 37.4 Å². The maximum absolute atomic E-state index is 8.58. The predicted molar refractivity (Wildman–Crippen MR) is 66.3 cm³/mol. The Bertz CT molecular complexity index is 352. The van der Waals surface area contributed by atoms with Crippen LogP contribution >= 0.6 is 11.8 Å². The summed E-state index contributed by atoms with van der Waals surface area (Å²) < 4.78 is 7.42. The van der Waals surface area contributed by atoms with E-state index < -0.39 is 0 Å². The maximum Gasteiger partial charge on any atom is 0.191 e. The topological polar surface area (TPSA) is 60.2 Å². The highest BCUT2D eigenvalue weighted by Crippen LogP contribution is 2.39. The van der Waals surface area contributed by atoms with Crippen LogP contribution in [0.2, 0.25) is 0 Å². The van der Waals surface area contributed by atoms with Gasteiger partial charge in [-0.25, -0.2) is 0 Å². The van der Waals surface area contributed by atoms with Gasteiger partial charge in [0.1, 0.15) is 5.82 Å². The van der Waals surface area contributed by atoms with E-state index in [9.17, 15) is 0 Å². The minimum Gasteiger partial charge on any atom is -0.394 e. The van der Waals surface area contributed by atoms with Gasteiger partial charge in [0.15, 0.2) is 5.16 Å². The quantitative estimate of drug-likeness (QED) is 0.561. The highest BCUT2D eigenvalue weighted by molar-refractivity contribution is 7.99. The zero-order chi connectivity index (χ0) is 12.1. The number of thioether (sulfide) groups is 1. The van der Waals surface area contributed by atoms with Gasteiger partial charge in [0.25, 0.3) is 0 Å². The van der Waals surface area contributed by atoms with Gasteiger partial charge in [0.2, 0.25) is 0 Å². The van der Waals surface area contributed by atoms with Crippen molar-refractivity contribution in [3.05, 3.63) is 5.82 Å². The van der Waals surface area contributed by atoms with Crippen LogP contribution in [0.15, 0.2) is 5.16 Å². The van der Waals surface area contributed by atoms with Crippen molar-refractivity contribution >= 4 is 11.8 Å². The summed E-state index contributed by atoms with van der Waals surface area (Å²) in [6.07, 6.45) is 2.50. The number of aliphatic hydroxyl groups excluding tert-OH is 1. The van der Waals surface area contributed by atoms with Gasteiger partial charge < -0.3 is 14.4 Å². The first-order valence-electron chi connectivity index (χ1n) is 6.11. The summed E-state index contributed by atoms with van der Waals surface area (Å²) >= 11 is 1.67. The molecule has 17 heavy (non-hydrogen) atoms. The highest BCUT2D eigenvalue weighted by Gasteiger charge is 2.29. The van der Waals surface area contributed by atoms with Crippen LogP contribution in [0.3, 0.4) is 0 Å². The lowest BCUT2D eigenvalue weighted by Crippen LogP contribution is -2.05. The Morgan fingerprint density at radius 2 is 2.24 bits per heavy atom. The fourth-order valence-electron chi connectivity index (χ4n) is 1.71. The Labute approximate surface area is 106 Å². The summed E-state index contributed by atoms with van der Waals surface area (Å²) in [6.45, 7) is 4.19. The standard InChI is InChI=1S/C11H19N3O2S/c1-2-14-10(9-3-4-9)12-13-11(14)17-8-7-16-6-5-15/h9,15H,2-8H2,1H3. The molecule has 0 amide bonds. The first-order valence-corrected chi connectivity index (χ1v) is 7.09.